The molecule has 3 heterocycles. The maximum Gasteiger partial charge on any atom is 0.182 e. The van der Waals surface area contributed by atoms with E-state index >= 15 is 0 Å². The Morgan fingerprint density at radius 1 is 1.14 bits per heavy atom. The van der Waals surface area contributed by atoms with Crippen molar-refractivity contribution < 1.29 is 4.74 Å². The Kier molecular flexibility index (Phi) is 2.97. The average molecular weight is 360 g/mol. The lowest BCUT2D eigenvalue weighted by atomic mass is 9.69. The first-order valence-corrected chi connectivity index (χ1v) is 8.40. The van der Waals surface area contributed by atoms with Gasteiger partial charge >= 0.3 is 0 Å². The molecule has 5 rings (SSSR count). The van der Waals surface area contributed by atoms with Gasteiger partial charge in [-0.15, -0.1) is 10.2 Å². The number of fused-ring (bicyclic) bond motifs is 2. The van der Waals surface area contributed by atoms with E-state index in [-0.39, 0.29) is 17.1 Å². The number of aromatic nitrogens is 3. The third-order valence-corrected chi connectivity index (χ3v) is 5.41. The molecule has 2 bridgehead atoms. The van der Waals surface area contributed by atoms with Gasteiger partial charge in [0.1, 0.15) is 11.3 Å². The molecule has 0 N–H and O–H groups in total. The Morgan fingerprint density at radius 3 is 2.55 bits per heavy atom. The Hall–Kier alpha value is -1.33. The SMILES string of the molecule is CC12CCC(c3nc(-c4ccc(Br)cc4)nnc31)C(C)(C)O2. The first-order valence-electron chi connectivity index (χ1n) is 7.60. The highest BCUT2D eigenvalue weighted by Crippen LogP contribution is 2.54. The van der Waals surface area contributed by atoms with Crippen molar-refractivity contribution in [2.75, 3.05) is 0 Å². The third-order valence-electron chi connectivity index (χ3n) is 4.88. The van der Waals surface area contributed by atoms with Crippen LogP contribution in [0.3, 0.4) is 0 Å². The molecule has 1 saturated heterocycles. The van der Waals surface area contributed by atoms with Gasteiger partial charge in [-0.3, -0.25) is 0 Å². The van der Waals surface area contributed by atoms with Crippen molar-refractivity contribution in [3.63, 3.8) is 0 Å². The minimum atomic E-state index is -0.355. The third kappa shape index (κ3) is 2.02. The predicted molar refractivity (Wildman–Crippen MR) is 87.5 cm³/mol. The van der Waals surface area contributed by atoms with E-state index in [0.717, 1.165) is 34.3 Å². The second-order valence-corrected chi connectivity index (χ2v) is 7.82. The van der Waals surface area contributed by atoms with E-state index in [4.69, 9.17) is 9.72 Å². The first kappa shape index (κ1) is 14.3. The Balaban J connectivity index is 1.85. The van der Waals surface area contributed by atoms with Crippen LogP contribution in [-0.4, -0.2) is 20.8 Å². The number of halogens is 1. The average Bonchev–Trinajstić information content (AvgIpc) is 2.46. The van der Waals surface area contributed by atoms with Crippen molar-refractivity contribution in [1.82, 2.24) is 15.2 Å². The van der Waals surface area contributed by atoms with E-state index in [9.17, 15) is 0 Å². The standard InChI is InChI=1S/C17H18BrN3O/c1-16(2)12-8-9-17(3,22-16)14-13(12)19-15(21-20-14)10-4-6-11(18)7-5-10/h4-7,12H,8-9H2,1-3H3. The first-order chi connectivity index (χ1) is 10.4. The molecule has 2 atom stereocenters. The van der Waals surface area contributed by atoms with E-state index in [1.165, 1.54) is 0 Å². The smallest absolute Gasteiger partial charge is 0.182 e. The van der Waals surface area contributed by atoms with E-state index in [0.29, 0.717) is 5.82 Å². The van der Waals surface area contributed by atoms with E-state index < -0.39 is 0 Å². The van der Waals surface area contributed by atoms with Crippen LogP contribution in [0.2, 0.25) is 0 Å². The molecular formula is C17H18BrN3O. The summed E-state index contributed by atoms with van der Waals surface area (Å²) >= 11 is 3.45. The van der Waals surface area contributed by atoms with Crippen LogP contribution in [0.4, 0.5) is 0 Å². The second-order valence-electron chi connectivity index (χ2n) is 6.90. The van der Waals surface area contributed by atoms with Crippen molar-refractivity contribution in [3.8, 4) is 11.4 Å². The molecule has 0 radical (unpaired) electrons. The van der Waals surface area contributed by atoms with Crippen molar-refractivity contribution in [1.29, 1.82) is 0 Å². The Morgan fingerprint density at radius 2 is 1.86 bits per heavy atom. The fraction of sp³-hybridized carbons (Fsp3) is 0.471. The van der Waals surface area contributed by atoms with E-state index in [2.05, 4.69) is 46.9 Å². The van der Waals surface area contributed by atoms with Crippen LogP contribution in [0.25, 0.3) is 11.4 Å². The van der Waals surface area contributed by atoms with Crippen molar-refractivity contribution >= 4 is 15.9 Å². The lowest BCUT2D eigenvalue weighted by molar-refractivity contribution is -0.199. The summed E-state index contributed by atoms with van der Waals surface area (Å²) < 4.78 is 7.34. The number of ether oxygens (including phenoxy) is 1. The molecule has 3 aliphatic rings. The highest BCUT2D eigenvalue weighted by molar-refractivity contribution is 9.10. The van der Waals surface area contributed by atoms with E-state index in [1.807, 2.05) is 24.3 Å². The Labute approximate surface area is 138 Å². The van der Waals surface area contributed by atoms with Gasteiger partial charge in [0.2, 0.25) is 0 Å². The summed E-state index contributed by atoms with van der Waals surface area (Å²) in [5, 5.41) is 8.84. The monoisotopic (exact) mass is 359 g/mol. The summed E-state index contributed by atoms with van der Waals surface area (Å²) in [5.74, 6) is 0.979. The van der Waals surface area contributed by atoms with Gasteiger partial charge in [0.05, 0.1) is 11.3 Å². The lowest BCUT2D eigenvalue weighted by Crippen LogP contribution is -2.52. The van der Waals surface area contributed by atoms with Gasteiger partial charge in [0, 0.05) is 16.0 Å². The molecule has 0 amide bonds. The summed E-state index contributed by atoms with van der Waals surface area (Å²) in [4.78, 5) is 4.87. The second kappa shape index (κ2) is 4.59. The predicted octanol–water partition coefficient (Wildman–Crippen LogP) is 4.20. The molecule has 2 unspecified atom stereocenters. The molecule has 2 aromatic rings. The normalized spacial score (nSPS) is 28.5. The lowest BCUT2D eigenvalue weighted by Gasteiger charge is -2.52. The summed E-state index contributed by atoms with van der Waals surface area (Å²) in [6.07, 6.45) is 2.08. The molecule has 114 valence electrons. The van der Waals surface area contributed by atoms with Gasteiger partial charge in [0.15, 0.2) is 5.82 Å². The molecule has 1 fully saturated rings. The van der Waals surface area contributed by atoms with Crippen molar-refractivity contribution in [2.45, 2.75) is 50.7 Å². The summed E-state index contributed by atoms with van der Waals surface area (Å²) in [6.45, 7) is 6.41. The molecular weight excluding hydrogens is 342 g/mol. The quantitative estimate of drug-likeness (QED) is 0.765. The summed E-state index contributed by atoms with van der Waals surface area (Å²) in [5.41, 5.74) is 2.42. The molecule has 2 aliphatic heterocycles. The molecule has 5 heteroatoms. The number of hydrogen-bond donors (Lipinski definition) is 0. The fourth-order valence-corrected chi connectivity index (χ4v) is 4.05. The maximum atomic E-state index is 6.30. The van der Waals surface area contributed by atoms with Gasteiger partial charge in [-0.05, 0) is 45.7 Å². The largest absolute Gasteiger partial charge is 0.362 e. The van der Waals surface area contributed by atoms with Crippen LogP contribution in [0.1, 0.15) is 50.9 Å². The van der Waals surface area contributed by atoms with Gasteiger partial charge in [0.25, 0.3) is 0 Å². The zero-order valence-corrected chi connectivity index (χ0v) is 14.5. The van der Waals surface area contributed by atoms with Crippen LogP contribution >= 0.6 is 15.9 Å². The molecule has 0 spiro atoms. The van der Waals surface area contributed by atoms with Crippen LogP contribution in [0.15, 0.2) is 28.7 Å². The Bertz CT molecular complexity index is 744. The van der Waals surface area contributed by atoms with E-state index in [1.54, 1.807) is 0 Å². The minimum Gasteiger partial charge on any atom is -0.362 e. The van der Waals surface area contributed by atoms with Crippen LogP contribution in [0, 0.1) is 0 Å². The summed E-state index contributed by atoms with van der Waals surface area (Å²) in [6, 6.07) is 8.02. The zero-order chi connectivity index (χ0) is 15.5. The number of rotatable bonds is 1. The topological polar surface area (TPSA) is 47.9 Å². The van der Waals surface area contributed by atoms with Crippen LogP contribution in [-0.2, 0) is 10.3 Å². The van der Waals surface area contributed by atoms with Gasteiger partial charge in [-0.2, -0.15) is 0 Å². The van der Waals surface area contributed by atoms with Gasteiger partial charge < -0.3 is 4.74 Å². The molecule has 1 aromatic heterocycles. The minimum absolute atomic E-state index is 0.201. The number of benzene rings is 1. The fourth-order valence-electron chi connectivity index (χ4n) is 3.78. The van der Waals surface area contributed by atoms with Crippen molar-refractivity contribution in [2.24, 2.45) is 0 Å². The van der Waals surface area contributed by atoms with Crippen molar-refractivity contribution in [3.05, 3.63) is 40.1 Å². The van der Waals surface area contributed by atoms with Gasteiger partial charge in [-0.25, -0.2) is 4.98 Å². The highest BCUT2D eigenvalue weighted by atomic mass is 79.9. The molecule has 0 saturated carbocycles. The number of nitrogens with zero attached hydrogens (tertiary/aromatic N) is 3. The van der Waals surface area contributed by atoms with Crippen LogP contribution in [0.5, 0.6) is 0 Å². The molecule has 4 nitrogen and oxygen atoms in total. The molecule has 1 aromatic carbocycles. The number of hydrogen-bond acceptors (Lipinski definition) is 4. The molecule has 22 heavy (non-hydrogen) atoms. The summed E-state index contributed by atoms with van der Waals surface area (Å²) in [7, 11) is 0. The molecule has 1 aliphatic carbocycles. The van der Waals surface area contributed by atoms with Gasteiger partial charge in [-0.1, -0.05) is 28.1 Å². The van der Waals surface area contributed by atoms with Crippen LogP contribution < -0.4 is 0 Å². The zero-order valence-electron chi connectivity index (χ0n) is 12.9. The maximum absolute atomic E-state index is 6.30. The highest BCUT2D eigenvalue weighted by Gasteiger charge is 2.54.